The summed E-state index contributed by atoms with van der Waals surface area (Å²) in [5.74, 6) is 2.66. The first-order valence-electron chi connectivity index (χ1n) is 13.5. The number of phenols is 1. The fraction of sp³-hybridized carbons (Fsp3) is 0.567. The van der Waals surface area contributed by atoms with Crippen molar-refractivity contribution in [2.75, 3.05) is 19.6 Å². The first-order valence-corrected chi connectivity index (χ1v) is 13.5. The lowest BCUT2D eigenvalue weighted by Crippen LogP contribution is -2.69. The molecule has 8 rings (SSSR count). The van der Waals surface area contributed by atoms with Crippen molar-refractivity contribution in [2.24, 2.45) is 23.2 Å². The molecule has 2 unspecified atom stereocenters. The molecule has 2 aromatic carbocycles. The van der Waals surface area contributed by atoms with Gasteiger partial charge in [-0.2, -0.15) is 0 Å². The summed E-state index contributed by atoms with van der Waals surface area (Å²) in [7, 11) is 0. The van der Waals surface area contributed by atoms with Crippen LogP contribution in [0.1, 0.15) is 60.0 Å². The second-order valence-corrected chi connectivity index (χ2v) is 12.3. The van der Waals surface area contributed by atoms with Crippen molar-refractivity contribution in [3.05, 3.63) is 65.2 Å². The van der Waals surface area contributed by atoms with Crippen LogP contribution in [0.4, 0.5) is 0 Å². The Kier molecular flexibility index (Phi) is 3.90. The number of hydrogen-bond donors (Lipinski definition) is 1. The average Bonchev–Trinajstić information content (AvgIpc) is 3.54. The molecule has 2 aliphatic heterocycles. The maximum atomic E-state index is 13.7. The molecule has 2 aromatic rings. The van der Waals surface area contributed by atoms with Crippen LogP contribution < -0.4 is 0 Å². The number of amides is 1. The SMILES string of the molecule is O=C(c1ccccc1)N1C[C@H]2C[C@@]34CCC1C2[C@@]31CCN(CC2CC2)[C@@H]4Cc2cccc(O)c21. The van der Waals surface area contributed by atoms with Crippen molar-refractivity contribution in [3.63, 3.8) is 0 Å². The summed E-state index contributed by atoms with van der Waals surface area (Å²) in [6.07, 6.45) is 8.60. The Morgan fingerprint density at radius 3 is 2.71 bits per heavy atom. The molecular formula is C30H34N2O2. The molecule has 0 aromatic heterocycles. The van der Waals surface area contributed by atoms with Gasteiger partial charge in [-0.25, -0.2) is 0 Å². The van der Waals surface area contributed by atoms with Crippen LogP contribution in [0.15, 0.2) is 48.5 Å². The topological polar surface area (TPSA) is 43.8 Å². The molecule has 4 nitrogen and oxygen atoms in total. The third kappa shape index (κ3) is 2.31. The first-order chi connectivity index (χ1) is 16.6. The molecule has 34 heavy (non-hydrogen) atoms. The van der Waals surface area contributed by atoms with Gasteiger partial charge in [0.2, 0.25) is 0 Å². The number of hydrogen-bond acceptors (Lipinski definition) is 3. The van der Waals surface area contributed by atoms with E-state index >= 15 is 0 Å². The summed E-state index contributed by atoms with van der Waals surface area (Å²) in [6, 6.07) is 17.0. The summed E-state index contributed by atoms with van der Waals surface area (Å²) in [4.78, 5) is 18.8. The van der Waals surface area contributed by atoms with Crippen LogP contribution in [0.3, 0.4) is 0 Å². The highest BCUT2D eigenvalue weighted by Crippen LogP contribution is 2.76. The van der Waals surface area contributed by atoms with Crippen LogP contribution in [0.2, 0.25) is 0 Å². The molecule has 0 spiro atoms. The lowest BCUT2D eigenvalue weighted by molar-refractivity contribution is -0.103. The lowest BCUT2D eigenvalue weighted by atomic mass is 9.43. The molecule has 1 amide bonds. The number of piperidine rings is 1. The van der Waals surface area contributed by atoms with Gasteiger partial charge in [0.25, 0.3) is 5.91 Å². The number of nitrogens with zero attached hydrogens (tertiary/aromatic N) is 2. The number of carbonyl (C=O) groups excluding carboxylic acids is 1. The van der Waals surface area contributed by atoms with Gasteiger partial charge in [0.15, 0.2) is 0 Å². The molecule has 2 saturated heterocycles. The minimum absolute atomic E-state index is 0.0238. The van der Waals surface area contributed by atoms with E-state index in [1.165, 1.54) is 43.4 Å². The second-order valence-electron chi connectivity index (χ2n) is 12.3. The van der Waals surface area contributed by atoms with Gasteiger partial charge in [-0.05, 0) is 98.4 Å². The maximum absolute atomic E-state index is 13.7. The molecule has 4 aliphatic carbocycles. The Balaban J connectivity index is 1.26. The highest BCUT2D eigenvalue weighted by Gasteiger charge is 2.76. The molecule has 1 N–H and O–H groups in total. The number of likely N-dealkylation sites (tertiary alicyclic amines) is 2. The Morgan fingerprint density at radius 1 is 1.03 bits per heavy atom. The molecular weight excluding hydrogens is 420 g/mol. The Bertz CT molecular complexity index is 1180. The number of aromatic hydroxyl groups is 1. The fourth-order valence-electron chi connectivity index (χ4n) is 10.00. The maximum Gasteiger partial charge on any atom is 0.254 e. The van der Waals surface area contributed by atoms with Gasteiger partial charge < -0.3 is 10.0 Å². The average molecular weight is 455 g/mol. The smallest absolute Gasteiger partial charge is 0.254 e. The fourth-order valence-corrected chi connectivity index (χ4v) is 10.00. The van der Waals surface area contributed by atoms with E-state index in [1.54, 1.807) is 0 Å². The minimum Gasteiger partial charge on any atom is -0.508 e. The molecule has 176 valence electrons. The summed E-state index contributed by atoms with van der Waals surface area (Å²) in [6.45, 7) is 3.32. The van der Waals surface area contributed by atoms with Gasteiger partial charge >= 0.3 is 0 Å². The highest BCUT2D eigenvalue weighted by atomic mass is 16.3. The highest BCUT2D eigenvalue weighted by molar-refractivity contribution is 5.94. The van der Waals surface area contributed by atoms with E-state index in [0.29, 0.717) is 29.7 Å². The Morgan fingerprint density at radius 2 is 1.88 bits per heavy atom. The van der Waals surface area contributed by atoms with Gasteiger partial charge in [-0.1, -0.05) is 30.3 Å². The number of rotatable bonds is 3. The van der Waals surface area contributed by atoms with Gasteiger partial charge in [0, 0.05) is 41.7 Å². The van der Waals surface area contributed by atoms with E-state index in [-0.39, 0.29) is 16.7 Å². The van der Waals surface area contributed by atoms with Crippen LogP contribution in [0, 0.1) is 23.2 Å². The monoisotopic (exact) mass is 454 g/mol. The molecule has 2 heterocycles. The molecule has 6 atom stereocenters. The molecule has 3 saturated carbocycles. The van der Waals surface area contributed by atoms with Gasteiger partial charge in [0.05, 0.1) is 0 Å². The van der Waals surface area contributed by atoms with Crippen molar-refractivity contribution in [1.82, 2.24) is 9.80 Å². The number of fused-ring (bicyclic) bond motifs is 1. The Labute approximate surface area is 201 Å². The zero-order valence-corrected chi connectivity index (χ0v) is 19.8. The summed E-state index contributed by atoms with van der Waals surface area (Å²) < 4.78 is 0. The predicted molar refractivity (Wildman–Crippen MR) is 131 cm³/mol. The third-order valence-electron chi connectivity index (χ3n) is 11.1. The van der Waals surface area contributed by atoms with Crippen molar-refractivity contribution in [1.29, 1.82) is 0 Å². The molecule has 0 radical (unpaired) electrons. The normalized spacial score (nSPS) is 39.6. The minimum atomic E-state index is 0.0238. The summed E-state index contributed by atoms with van der Waals surface area (Å²) in [5, 5.41) is 11.3. The van der Waals surface area contributed by atoms with E-state index in [2.05, 4.69) is 15.9 Å². The zero-order chi connectivity index (χ0) is 22.7. The van der Waals surface area contributed by atoms with E-state index < -0.39 is 0 Å². The number of benzene rings is 2. The predicted octanol–water partition coefficient (Wildman–Crippen LogP) is 4.61. The van der Waals surface area contributed by atoms with Gasteiger partial charge in [-0.15, -0.1) is 0 Å². The standard InChI is InChI=1S/C30H34N2O2/c33-24-8-4-7-21-15-25-29-12-11-23-26(30(29,27(21)24)13-14-31(25)17-19-9-10-19)22(16-29)18-32(23)28(34)20-5-2-1-3-6-20/h1-8,19,22-23,25-26,33H,9-18H2/t22-,23?,25-,26?,29-,30-/m1/s1. The molecule has 6 aliphatic rings. The number of carbonyl (C=O) groups is 1. The van der Waals surface area contributed by atoms with Crippen LogP contribution in [-0.2, 0) is 11.8 Å². The van der Waals surface area contributed by atoms with E-state index in [9.17, 15) is 9.90 Å². The van der Waals surface area contributed by atoms with Crippen LogP contribution in [0.25, 0.3) is 0 Å². The largest absolute Gasteiger partial charge is 0.508 e. The van der Waals surface area contributed by atoms with E-state index in [4.69, 9.17) is 0 Å². The van der Waals surface area contributed by atoms with Crippen LogP contribution in [-0.4, -0.2) is 52.5 Å². The van der Waals surface area contributed by atoms with Gasteiger partial charge in [0.1, 0.15) is 5.75 Å². The lowest BCUT2D eigenvalue weighted by Gasteiger charge is -2.66. The molecule has 4 bridgehead atoms. The van der Waals surface area contributed by atoms with E-state index in [1.807, 2.05) is 42.5 Å². The quantitative estimate of drug-likeness (QED) is 0.737. The summed E-state index contributed by atoms with van der Waals surface area (Å²) in [5.41, 5.74) is 3.77. The van der Waals surface area contributed by atoms with Crippen molar-refractivity contribution >= 4 is 5.91 Å². The van der Waals surface area contributed by atoms with Crippen molar-refractivity contribution in [3.8, 4) is 5.75 Å². The van der Waals surface area contributed by atoms with Crippen molar-refractivity contribution < 1.29 is 9.90 Å². The van der Waals surface area contributed by atoms with Crippen LogP contribution in [0.5, 0.6) is 5.75 Å². The second kappa shape index (κ2) is 6.66. The van der Waals surface area contributed by atoms with Crippen molar-refractivity contribution in [2.45, 2.75) is 62.4 Å². The van der Waals surface area contributed by atoms with Gasteiger partial charge in [-0.3, -0.25) is 9.69 Å². The molecule has 4 heteroatoms. The van der Waals surface area contributed by atoms with Crippen LogP contribution >= 0.6 is 0 Å². The zero-order valence-electron chi connectivity index (χ0n) is 19.8. The van der Waals surface area contributed by atoms with E-state index in [0.717, 1.165) is 43.8 Å². The Hall–Kier alpha value is -2.33. The third-order valence-corrected chi connectivity index (χ3v) is 11.1. The molecule has 5 fully saturated rings. The first kappa shape index (κ1) is 19.9. The number of phenolic OH excluding ortho intramolecular Hbond substituents is 1. The summed E-state index contributed by atoms with van der Waals surface area (Å²) >= 11 is 0.